The zero-order valence-electron chi connectivity index (χ0n) is 13.5. The van der Waals surface area contributed by atoms with Crippen molar-refractivity contribution in [1.29, 1.82) is 0 Å². The van der Waals surface area contributed by atoms with Crippen molar-refractivity contribution in [2.45, 2.75) is 57.2 Å². The van der Waals surface area contributed by atoms with Crippen LogP contribution in [0.1, 0.15) is 49.4 Å². The number of rotatable bonds is 3. The molecular formula is C18H25FN2O2. The fourth-order valence-electron chi connectivity index (χ4n) is 4.05. The van der Waals surface area contributed by atoms with Crippen molar-refractivity contribution in [2.24, 2.45) is 5.41 Å². The highest BCUT2D eigenvalue weighted by molar-refractivity contribution is 5.94. The van der Waals surface area contributed by atoms with Gasteiger partial charge in [0.1, 0.15) is 5.82 Å². The van der Waals surface area contributed by atoms with Gasteiger partial charge in [-0.2, -0.15) is 0 Å². The van der Waals surface area contributed by atoms with Crippen LogP contribution in [0, 0.1) is 11.2 Å². The van der Waals surface area contributed by atoms with Crippen LogP contribution in [-0.4, -0.2) is 35.7 Å². The number of aliphatic hydroxyl groups excluding tert-OH is 1. The summed E-state index contributed by atoms with van der Waals surface area (Å²) >= 11 is 0. The Morgan fingerprint density at radius 1 is 1.35 bits per heavy atom. The van der Waals surface area contributed by atoms with Gasteiger partial charge in [-0.15, -0.1) is 0 Å². The van der Waals surface area contributed by atoms with E-state index in [9.17, 15) is 14.3 Å². The zero-order valence-corrected chi connectivity index (χ0v) is 13.5. The fourth-order valence-corrected chi connectivity index (χ4v) is 4.05. The highest BCUT2D eigenvalue weighted by Crippen LogP contribution is 2.43. The van der Waals surface area contributed by atoms with Crippen LogP contribution in [0.3, 0.4) is 0 Å². The Morgan fingerprint density at radius 3 is 2.78 bits per heavy atom. The summed E-state index contributed by atoms with van der Waals surface area (Å²) in [5.74, 6) is -0.536. The van der Waals surface area contributed by atoms with E-state index in [1.807, 2.05) is 0 Å². The lowest BCUT2D eigenvalue weighted by molar-refractivity contribution is 0.0281. The summed E-state index contributed by atoms with van der Waals surface area (Å²) in [6, 6.07) is 6.04. The largest absolute Gasteiger partial charge is 0.392 e. The van der Waals surface area contributed by atoms with E-state index in [0.717, 1.165) is 32.1 Å². The molecule has 23 heavy (non-hydrogen) atoms. The minimum Gasteiger partial charge on any atom is -0.392 e. The van der Waals surface area contributed by atoms with E-state index in [2.05, 4.69) is 17.6 Å². The Kier molecular flexibility index (Phi) is 4.69. The first-order valence-corrected chi connectivity index (χ1v) is 8.47. The first-order chi connectivity index (χ1) is 11.0. The Morgan fingerprint density at radius 2 is 2.04 bits per heavy atom. The number of benzene rings is 1. The van der Waals surface area contributed by atoms with Crippen molar-refractivity contribution in [3.05, 3.63) is 35.6 Å². The van der Waals surface area contributed by atoms with Crippen LogP contribution < -0.4 is 10.6 Å². The number of hydrogen-bond donors (Lipinski definition) is 3. The number of nitrogens with one attached hydrogen (secondary N) is 2. The molecule has 1 heterocycles. The number of aliphatic hydroxyl groups is 1. The quantitative estimate of drug-likeness (QED) is 0.800. The molecule has 4 nitrogen and oxygen atoms in total. The smallest absolute Gasteiger partial charge is 0.251 e. The molecule has 1 aliphatic carbocycles. The lowest BCUT2D eigenvalue weighted by Crippen LogP contribution is -2.43. The van der Waals surface area contributed by atoms with E-state index < -0.39 is 0 Å². The molecule has 2 fully saturated rings. The van der Waals surface area contributed by atoms with Crippen LogP contribution in [0.15, 0.2) is 24.3 Å². The van der Waals surface area contributed by atoms with Crippen molar-refractivity contribution < 1.29 is 14.3 Å². The molecule has 4 atom stereocenters. The third kappa shape index (κ3) is 3.40. The predicted octanol–water partition coefficient (Wildman–Crippen LogP) is 2.23. The summed E-state index contributed by atoms with van der Waals surface area (Å²) in [6.07, 6.45) is 4.75. The lowest BCUT2D eigenvalue weighted by atomic mass is 9.75. The number of amides is 1. The van der Waals surface area contributed by atoms with E-state index in [0.29, 0.717) is 18.2 Å². The molecule has 3 N–H and O–H groups in total. The van der Waals surface area contributed by atoms with Gasteiger partial charge in [0.05, 0.1) is 6.10 Å². The first-order valence-electron chi connectivity index (χ1n) is 8.47. The van der Waals surface area contributed by atoms with Gasteiger partial charge in [-0.05, 0) is 43.5 Å². The third-order valence-corrected chi connectivity index (χ3v) is 5.52. The van der Waals surface area contributed by atoms with E-state index >= 15 is 0 Å². The molecule has 1 saturated carbocycles. The van der Waals surface area contributed by atoms with Crippen LogP contribution in [0.4, 0.5) is 4.39 Å². The average Bonchev–Trinajstić information content (AvgIpc) is 2.80. The topological polar surface area (TPSA) is 61.4 Å². The summed E-state index contributed by atoms with van der Waals surface area (Å²) in [7, 11) is 0. The molecule has 5 heteroatoms. The molecule has 1 aromatic rings. The normalized spacial score (nSPS) is 33.8. The summed E-state index contributed by atoms with van der Waals surface area (Å²) in [6.45, 7) is 2.68. The highest BCUT2D eigenvalue weighted by atomic mass is 19.1. The van der Waals surface area contributed by atoms with Crippen LogP contribution in [0.2, 0.25) is 0 Å². The summed E-state index contributed by atoms with van der Waals surface area (Å²) < 4.78 is 12.9. The predicted molar refractivity (Wildman–Crippen MR) is 86.6 cm³/mol. The highest BCUT2D eigenvalue weighted by Gasteiger charge is 2.48. The molecule has 1 aliphatic heterocycles. The first kappa shape index (κ1) is 16.4. The van der Waals surface area contributed by atoms with Gasteiger partial charge in [0.25, 0.3) is 5.91 Å². The standard InChI is InChI=1S/C18H25FN2O2/c1-18-10-14(21-15(18)4-2-3-5-16(18)22)11-20-17(23)12-6-8-13(19)9-7-12/h6-9,14-16,21-22H,2-5,10-11H2,1H3,(H,20,23)/t14-,15-,16+,18-/m1/s1. The third-order valence-electron chi connectivity index (χ3n) is 5.52. The molecule has 2 aliphatic rings. The Bertz CT molecular complexity index is 563. The average molecular weight is 320 g/mol. The Hall–Kier alpha value is -1.46. The minimum absolute atomic E-state index is 0.109. The second kappa shape index (κ2) is 6.57. The van der Waals surface area contributed by atoms with E-state index in [1.54, 1.807) is 0 Å². The molecule has 0 unspecified atom stereocenters. The summed E-state index contributed by atoms with van der Waals surface area (Å²) in [5, 5.41) is 17.0. The number of carbonyl (C=O) groups excluding carboxylic acids is 1. The molecule has 1 aromatic carbocycles. The van der Waals surface area contributed by atoms with Gasteiger partial charge in [-0.25, -0.2) is 4.39 Å². The molecule has 126 valence electrons. The Balaban J connectivity index is 1.57. The van der Waals surface area contributed by atoms with Crippen LogP contribution in [0.25, 0.3) is 0 Å². The van der Waals surface area contributed by atoms with Crippen LogP contribution in [0.5, 0.6) is 0 Å². The van der Waals surface area contributed by atoms with Gasteiger partial charge in [-0.1, -0.05) is 19.8 Å². The maximum Gasteiger partial charge on any atom is 0.251 e. The second-order valence-electron chi connectivity index (χ2n) is 7.14. The molecule has 1 amide bonds. The molecule has 0 aromatic heterocycles. The number of fused-ring (bicyclic) bond motifs is 1. The van der Waals surface area contributed by atoms with Gasteiger partial charge in [-0.3, -0.25) is 4.79 Å². The zero-order chi connectivity index (χ0) is 16.4. The molecule has 1 saturated heterocycles. The van der Waals surface area contributed by atoms with Gasteiger partial charge >= 0.3 is 0 Å². The number of halogens is 1. The Labute approximate surface area is 136 Å². The summed E-state index contributed by atoms with van der Waals surface area (Å²) in [4.78, 5) is 12.1. The van der Waals surface area contributed by atoms with Gasteiger partial charge in [0.2, 0.25) is 0 Å². The molecule has 0 spiro atoms. The lowest BCUT2D eigenvalue weighted by Gasteiger charge is -2.33. The van der Waals surface area contributed by atoms with Crippen molar-refractivity contribution in [2.75, 3.05) is 6.54 Å². The van der Waals surface area contributed by atoms with Crippen LogP contribution >= 0.6 is 0 Å². The van der Waals surface area contributed by atoms with Gasteiger partial charge in [0, 0.05) is 29.6 Å². The van der Waals surface area contributed by atoms with E-state index in [-0.39, 0.29) is 29.3 Å². The SMILES string of the molecule is C[C@@]12C[C@H](CNC(=O)c3ccc(F)cc3)N[C@@H]1CCCC[C@@H]2O. The van der Waals surface area contributed by atoms with Crippen molar-refractivity contribution in [3.8, 4) is 0 Å². The maximum atomic E-state index is 12.9. The van der Waals surface area contributed by atoms with Gasteiger partial charge in [0.15, 0.2) is 0 Å². The van der Waals surface area contributed by atoms with Crippen LogP contribution in [-0.2, 0) is 0 Å². The number of hydrogen-bond acceptors (Lipinski definition) is 3. The summed E-state index contributed by atoms with van der Waals surface area (Å²) in [5.41, 5.74) is 0.353. The molecule has 0 radical (unpaired) electrons. The van der Waals surface area contributed by atoms with Crippen molar-refractivity contribution >= 4 is 5.91 Å². The molecular weight excluding hydrogens is 295 g/mol. The van der Waals surface area contributed by atoms with E-state index in [4.69, 9.17) is 0 Å². The van der Waals surface area contributed by atoms with E-state index in [1.165, 1.54) is 24.3 Å². The minimum atomic E-state index is -0.346. The van der Waals surface area contributed by atoms with Crippen molar-refractivity contribution in [1.82, 2.24) is 10.6 Å². The molecule has 3 rings (SSSR count). The monoisotopic (exact) mass is 320 g/mol. The molecule has 0 bridgehead atoms. The van der Waals surface area contributed by atoms with Gasteiger partial charge < -0.3 is 15.7 Å². The maximum absolute atomic E-state index is 12.9. The number of carbonyl (C=O) groups is 1. The second-order valence-corrected chi connectivity index (χ2v) is 7.14. The van der Waals surface area contributed by atoms with Crippen molar-refractivity contribution in [3.63, 3.8) is 0 Å². The fraction of sp³-hybridized carbons (Fsp3) is 0.611.